The van der Waals surface area contributed by atoms with E-state index in [0.717, 1.165) is 22.4 Å². The molecule has 1 aromatic heterocycles. The van der Waals surface area contributed by atoms with Crippen molar-refractivity contribution < 1.29 is 28.9 Å². The highest BCUT2D eigenvalue weighted by molar-refractivity contribution is 5.89. The van der Waals surface area contributed by atoms with Crippen LogP contribution in [0.2, 0.25) is 0 Å². The molecule has 240 valence electrons. The van der Waals surface area contributed by atoms with Gasteiger partial charge in [0.2, 0.25) is 5.88 Å². The third-order valence-corrected chi connectivity index (χ3v) is 9.08. The highest BCUT2D eigenvalue weighted by Crippen LogP contribution is 2.50. The summed E-state index contributed by atoms with van der Waals surface area (Å²) >= 11 is 0. The van der Waals surface area contributed by atoms with Gasteiger partial charge < -0.3 is 29.5 Å². The number of ether oxygens (including phenoxy) is 3. The molecule has 5 atom stereocenters. The summed E-state index contributed by atoms with van der Waals surface area (Å²) in [5.41, 5.74) is 3.06. The molecule has 45 heavy (non-hydrogen) atoms. The topological polar surface area (TPSA) is 110 Å². The number of carbonyl (C=O) groups is 2. The van der Waals surface area contributed by atoms with Crippen LogP contribution in [0.25, 0.3) is 0 Å². The van der Waals surface area contributed by atoms with E-state index < -0.39 is 41.5 Å². The van der Waals surface area contributed by atoms with E-state index in [1.165, 1.54) is 12.0 Å². The number of carboxylic acid groups (broad SMARTS) is 1. The van der Waals surface area contributed by atoms with Gasteiger partial charge in [0.05, 0.1) is 20.3 Å². The molecule has 0 spiro atoms. The largest absolute Gasteiger partial charge is 0.496 e. The van der Waals surface area contributed by atoms with Crippen LogP contribution in [0, 0.1) is 11.3 Å². The van der Waals surface area contributed by atoms with Crippen molar-refractivity contribution in [3.8, 4) is 17.4 Å². The summed E-state index contributed by atoms with van der Waals surface area (Å²) in [4.78, 5) is 33.9. The molecule has 2 aromatic carbocycles. The Morgan fingerprint density at radius 1 is 1.02 bits per heavy atom. The van der Waals surface area contributed by atoms with Crippen LogP contribution in [-0.4, -0.2) is 59.3 Å². The van der Waals surface area contributed by atoms with Crippen molar-refractivity contribution in [3.05, 3.63) is 83.0 Å². The van der Waals surface area contributed by atoms with Gasteiger partial charge in [-0.1, -0.05) is 71.9 Å². The lowest BCUT2D eigenvalue weighted by Gasteiger charge is -2.35. The van der Waals surface area contributed by atoms with Gasteiger partial charge in [0.15, 0.2) is 6.10 Å². The number of methoxy groups -OCH3 is 2. The minimum atomic E-state index is -1.14. The number of likely N-dealkylation sites (tertiary alicyclic amines) is 1. The molecule has 2 N–H and O–H groups in total. The minimum Gasteiger partial charge on any atom is -0.496 e. The third kappa shape index (κ3) is 6.23. The van der Waals surface area contributed by atoms with Crippen LogP contribution in [0.1, 0.15) is 69.8 Å². The maximum absolute atomic E-state index is 14.6. The number of hydrogen-bond acceptors (Lipinski definition) is 7. The van der Waals surface area contributed by atoms with E-state index in [1.54, 1.807) is 19.4 Å². The molecule has 0 aliphatic carbocycles. The number of nitrogens with zero attached hydrogens (tertiary/aromatic N) is 2. The van der Waals surface area contributed by atoms with Gasteiger partial charge in [-0.2, -0.15) is 0 Å². The average molecular weight is 616 g/mol. The van der Waals surface area contributed by atoms with Crippen molar-refractivity contribution in [2.75, 3.05) is 14.2 Å². The van der Waals surface area contributed by atoms with Gasteiger partial charge in [0.1, 0.15) is 17.5 Å². The summed E-state index contributed by atoms with van der Waals surface area (Å²) in [6.45, 7) is 12.9. The Balaban J connectivity index is 1.63. The summed E-state index contributed by atoms with van der Waals surface area (Å²) in [7, 11) is 3.18. The molecule has 0 radical (unpaired) electrons. The number of amides is 1. The first-order valence-corrected chi connectivity index (χ1v) is 15.5. The van der Waals surface area contributed by atoms with Gasteiger partial charge in [0.25, 0.3) is 5.91 Å². The zero-order valence-corrected chi connectivity index (χ0v) is 27.5. The predicted octanol–water partition coefficient (Wildman–Crippen LogP) is 5.56. The fourth-order valence-corrected chi connectivity index (χ4v) is 6.95. The second kappa shape index (κ2) is 12.4. The van der Waals surface area contributed by atoms with E-state index in [0.29, 0.717) is 30.2 Å². The van der Waals surface area contributed by atoms with Gasteiger partial charge in [0, 0.05) is 42.2 Å². The van der Waals surface area contributed by atoms with Crippen molar-refractivity contribution in [1.29, 1.82) is 0 Å². The number of benzene rings is 2. The van der Waals surface area contributed by atoms with Crippen molar-refractivity contribution >= 4 is 11.9 Å². The molecule has 3 heterocycles. The fraction of sp³-hybridized carbons (Fsp3) is 0.472. The minimum absolute atomic E-state index is 0.0790. The summed E-state index contributed by atoms with van der Waals surface area (Å²) in [6, 6.07) is 15.0. The Bertz CT molecular complexity index is 1530. The molecular weight excluding hydrogens is 570 g/mol. The first-order chi connectivity index (χ1) is 21.3. The monoisotopic (exact) mass is 615 g/mol. The van der Waals surface area contributed by atoms with E-state index in [9.17, 15) is 14.7 Å². The van der Waals surface area contributed by atoms with Crippen molar-refractivity contribution in [2.24, 2.45) is 11.3 Å². The molecule has 0 saturated carbocycles. The molecule has 1 fully saturated rings. The number of hydrogen-bond donors (Lipinski definition) is 2. The van der Waals surface area contributed by atoms with Crippen LogP contribution in [0.5, 0.6) is 17.4 Å². The van der Waals surface area contributed by atoms with Gasteiger partial charge in [-0.3, -0.25) is 4.79 Å². The number of aliphatic carboxylic acids is 1. The Labute approximate surface area is 265 Å². The van der Waals surface area contributed by atoms with Crippen LogP contribution in [0.3, 0.4) is 0 Å². The number of aromatic nitrogens is 1. The van der Waals surface area contributed by atoms with Gasteiger partial charge in [-0.15, -0.1) is 0 Å². The van der Waals surface area contributed by atoms with Crippen LogP contribution in [-0.2, 0) is 28.0 Å². The molecule has 2 aliphatic rings. The molecule has 1 saturated heterocycles. The van der Waals surface area contributed by atoms with Crippen molar-refractivity contribution in [2.45, 2.75) is 84.2 Å². The quantitative estimate of drug-likeness (QED) is 0.339. The van der Waals surface area contributed by atoms with E-state index in [4.69, 9.17) is 14.2 Å². The van der Waals surface area contributed by atoms with Gasteiger partial charge in [-0.25, -0.2) is 9.78 Å². The number of carbonyl (C=O) groups excluding carboxylic acids is 1. The lowest BCUT2D eigenvalue weighted by Crippen LogP contribution is -2.51. The first-order valence-electron chi connectivity index (χ1n) is 15.5. The van der Waals surface area contributed by atoms with Crippen LogP contribution in [0.15, 0.2) is 60.8 Å². The molecule has 9 heteroatoms. The molecule has 9 nitrogen and oxygen atoms in total. The van der Waals surface area contributed by atoms with Gasteiger partial charge >= 0.3 is 5.97 Å². The first kappa shape index (κ1) is 32.3. The third-order valence-electron chi connectivity index (χ3n) is 9.08. The Hall–Kier alpha value is -4.11. The lowest BCUT2D eigenvalue weighted by molar-refractivity contribution is -0.155. The van der Waals surface area contributed by atoms with Crippen molar-refractivity contribution in [1.82, 2.24) is 15.2 Å². The average Bonchev–Trinajstić information content (AvgIpc) is 3.59. The summed E-state index contributed by atoms with van der Waals surface area (Å²) in [5, 5.41) is 14.6. The second-order valence-corrected chi connectivity index (χ2v) is 14.1. The molecule has 2 aliphatic heterocycles. The molecular formula is C36H45N3O6. The maximum Gasteiger partial charge on any atom is 0.326 e. The molecule has 0 bridgehead atoms. The summed E-state index contributed by atoms with van der Waals surface area (Å²) in [6.07, 6.45) is 1.14. The molecule has 3 aromatic rings. The standard InChI is InChI=1S/C36H45N3O6/c1-35(2,3)23-15-16-25(43-7)22(18-23)20-38-29-28(36(4,5)6)31(34(41)42)39(30(29)24-13-11-17-37-32(24)44-8)33(40)27-19-21-12-9-10-14-26(21)45-27/h9-18,27-31,38H,19-20H2,1-8H3,(H,41,42)/t27-,28+,29+,30+,31+/m1/s1. The molecule has 5 rings (SSSR count). The zero-order valence-electron chi connectivity index (χ0n) is 27.5. The predicted molar refractivity (Wildman–Crippen MR) is 172 cm³/mol. The Morgan fingerprint density at radius 2 is 1.76 bits per heavy atom. The maximum atomic E-state index is 14.6. The summed E-state index contributed by atoms with van der Waals surface area (Å²) < 4.78 is 17.6. The number of rotatable bonds is 8. The SMILES string of the molecule is COc1ccc(C(C)(C)C)cc1CN[C@H]1[C@H](C(C)(C)C)[C@@H](C(=O)O)N(C(=O)[C@H]2Cc3ccccc3O2)[C@H]1c1cccnc1OC. The van der Waals surface area contributed by atoms with E-state index >= 15 is 0 Å². The second-order valence-electron chi connectivity index (χ2n) is 14.1. The van der Waals surface area contributed by atoms with Gasteiger partial charge in [-0.05, 0) is 46.2 Å². The van der Waals surface area contributed by atoms with Crippen LogP contribution in [0.4, 0.5) is 0 Å². The smallest absolute Gasteiger partial charge is 0.326 e. The number of carboxylic acids is 1. The van der Waals surface area contributed by atoms with Crippen LogP contribution < -0.4 is 19.5 Å². The Morgan fingerprint density at radius 3 is 2.38 bits per heavy atom. The lowest BCUT2D eigenvalue weighted by atomic mass is 9.72. The fourth-order valence-electron chi connectivity index (χ4n) is 6.95. The normalized spacial score (nSPS) is 22.9. The Kier molecular flexibility index (Phi) is 8.86. The van der Waals surface area contributed by atoms with E-state index in [1.807, 2.05) is 57.2 Å². The number of para-hydroxylation sites is 1. The highest BCUT2D eigenvalue weighted by Gasteiger charge is 2.59. The number of pyridine rings is 1. The van der Waals surface area contributed by atoms with Crippen LogP contribution >= 0.6 is 0 Å². The number of nitrogens with one attached hydrogen (secondary N) is 1. The summed E-state index contributed by atoms with van der Waals surface area (Å²) in [5.74, 6) is -0.215. The van der Waals surface area contributed by atoms with E-state index in [2.05, 4.69) is 43.2 Å². The molecule has 1 amide bonds. The molecule has 0 unspecified atom stereocenters. The zero-order chi connectivity index (χ0) is 32.7. The number of fused-ring (bicyclic) bond motifs is 1. The highest BCUT2D eigenvalue weighted by atomic mass is 16.5. The van der Waals surface area contributed by atoms with Crippen molar-refractivity contribution in [3.63, 3.8) is 0 Å². The van der Waals surface area contributed by atoms with E-state index in [-0.39, 0.29) is 11.3 Å².